The van der Waals surface area contributed by atoms with Crippen LogP contribution in [0.4, 0.5) is 11.8 Å². The molecule has 0 atom stereocenters. The van der Waals surface area contributed by atoms with Gasteiger partial charge in [-0.1, -0.05) is 31.4 Å². The summed E-state index contributed by atoms with van der Waals surface area (Å²) in [5, 5.41) is 12.6. The Morgan fingerprint density at radius 1 is 0.867 bits per heavy atom. The normalized spacial score (nSPS) is 22.5. The first-order valence-corrected chi connectivity index (χ1v) is 11.8. The van der Waals surface area contributed by atoms with E-state index in [1.807, 2.05) is 26.2 Å². The monoisotopic (exact) mass is 426 g/mol. The number of benzene rings is 1. The van der Waals surface area contributed by atoms with Gasteiger partial charge >= 0.3 is 0 Å². The first kappa shape index (κ1) is 21.1. The van der Waals surface area contributed by atoms with E-state index in [0.717, 1.165) is 53.5 Å². The van der Waals surface area contributed by atoms with Gasteiger partial charge in [0.25, 0.3) is 0 Å². The fraction of sp³-hybridized carbons (Fsp3) is 0.609. The summed E-state index contributed by atoms with van der Waals surface area (Å²) in [6, 6.07) is 9.62. The second-order valence-corrected chi connectivity index (χ2v) is 9.34. The van der Waals surface area contributed by atoms with Gasteiger partial charge in [0, 0.05) is 37.6 Å². The van der Waals surface area contributed by atoms with Gasteiger partial charge in [0.15, 0.2) is 5.11 Å². The van der Waals surface area contributed by atoms with E-state index in [0.29, 0.717) is 18.1 Å². The van der Waals surface area contributed by atoms with E-state index in [1.165, 1.54) is 32.1 Å². The fourth-order valence-electron chi connectivity index (χ4n) is 4.69. The lowest BCUT2D eigenvalue weighted by Crippen LogP contribution is -2.48. The molecule has 2 saturated carbocycles. The van der Waals surface area contributed by atoms with Crippen molar-refractivity contribution < 1.29 is 0 Å². The van der Waals surface area contributed by atoms with Gasteiger partial charge in [-0.25, -0.2) is 4.98 Å². The Bertz CT molecular complexity index is 856. The van der Waals surface area contributed by atoms with Gasteiger partial charge in [-0.3, -0.25) is 0 Å². The molecule has 0 bridgehead atoms. The number of rotatable bonds is 5. The lowest BCUT2D eigenvalue weighted by Gasteiger charge is -2.32. The molecule has 7 heteroatoms. The highest BCUT2D eigenvalue weighted by Crippen LogP contribution is 2.26. The van der Waals surface area contributed by atoms with Crippen LogP contribution < -0.4 is 20.9 Å². The second kappa shape index (κ2) is 9.77. The largest absolute Gasteiger partial charge is 0.362 e. The summed E-state index contributed by atoms with van der Waals surface area (Å²) in [4.78, 5) is 11.6. The zero-order valence-electron chi connectivity index (χ0n) is 18.2. The molecular weight excluding hydrogens is 392 g/mol. The maximum Gasteiger partial charge on any atom is 0.225 e. The number of hydrogen-bond acceptors (Lipinski definition) is 5. The maximum absolute atomic E-state index is 5.57. The predicted octanol–water partition coefficient (Wildman–Crippen LogP) is 4.22. The Kier molecular flexibility index (Phi) is 6.87. The van der Waals surface area contributed by atoms with E-state index < -0.39 is 0 Å². The van der Waals surface area contributed by atoms with Crippen molar-refractivity contribution in [1.82, 2.24) is 20.6 Å². The van der Waals surface area contributed by atoms with E-state index in [1.54, 1.807) is 0 Å². The number of fused-ring (bicyclic) bond motifs is 1. The highest BCUT2D eigenvalue weighted by Gasteiger charge is 2.23. The molecule has 1 aromatic heterocycles. The first-order chi connectivity index (χ1) is 14.6. The Hall–Kier alpha value is -2.15. The van der Waals surface area contributed by atoms with Crippen LogP contribution in [0, 0.1) is 0 Å². The van der Waals surface area contributed by atoms with E-state index in [4.69, 9.17) is 22.2 Å². The molecule has 30 heavy (non-hydrogen) atoms. The summed E-state index contributed by atoms with van der Waals surface area (Å²) in [5.74, 6) is 1.68. The molecule has 6 nitrogen and oxygen atoms in total. The van der Waals surface area contributed by atoms with E-state index in [9.17, 15) is 0 Å². The average molecular weight is 427 g/mol. The minimum Gasteiger partial charge on any atom is -0.362 e. The molecule has 0 amide bonds. The highest BCUT2D eigenvalue weighted by atomic mass is 32.1. The maximum atomic E-state index is 5.57. The molecule has 1 aromatic carbocycles. The smallest absolute Gasteiger partial charge is 0.225 e. The lowest BCUT2D eigenvalue weighted by atomic mass is 9.91. The summed E-state index contributed by atoms with van der Waals surface area (Å²) in [6.45, 7) is 0. The SMILES string of the molecule is CN(C)c1nc(NC2CCC(NC(=S)NC3CCCCC3)CC2)nc2ccccc12. The van der Waals surface area contributed by atoms with Crippen LogP contribution in [0.15, 0.2) is 24.3 Å². The third-order valence-corrected chi connectivity index (χ3v) is 6.58. The molecule has 1 heterocycles. The molecule has 2 aliphatic carbocycles. The number of anilines is 2. The van der Waals surface area contributed by atoms with Crippen molar-refractivity contribution in [2.24, 2.45) is 0 Å². The van der Waals surface area contributed by atoms with Crippen LogP contribution in [0.3, 0.4) is 0 Å². The van der Waals surface area contributed by atoms with Crippen molar-refractivity contribution in [1.29, 1.82) is 0 Å². The Labute approximate surface area is 185 Å². The third-order valence-electron chi connectivity index (χ3n) is 6.34. The molecule has 0 radical (unpaired) electrons. The van der Waals surface area contributed by atoms with E-state index in [-0.39, 0.29) is 0 Å². The summed E-state index contributed by atoms with van der Waals surface area (Å²) >= 11 is 5.57. The molecule has 3 N–H and O–H groups in total. The minimum atomic E-state index is 0.402. The molecule has 0 spiro atoms. The molecule has 2 aromatic rings. The van der Waals surface area contributed by atoms with Crippen molar-refractivity contribution in [2.75, 3.05) is 24.3 Å². The van der Waals surface area contributed by atoms with Gasteiger partial charge in [0.2, 0.25) is 5.95 Å². The van der Waals surface area contributed by atoms with Crippen LogP contribution in [0.5, 0.6) is 0 Å². The number of hydrogen-bond donors (Lipinski definition) is 3. The zero-order valence-corrected chi connectivity index (χ0v) is 19.0. The van der Waals surface area contributed by atoms with Gasteiger partial charge in [-0.2, -0.15) is 4.98 Å². The predicted molar refractivity (Wildman–Crippen MR) is 129 cm³/mol. The van der Waals surface area contributed by atoms with Crippen LogP contribution >= 0.6 is 12.2 Å². The minimum absolute atomic E-state index is 0.402. The lowest BCUT2D eigenvalue weighted by molar-refractivity contribution is 0.376. The molecular formula is C23H34N6S. The summed E-state index contributed by atoms with van der Waals surface area (Å²) in [5.41, 5.74) is 0.980. The van der Waals surface area contributed by atoms with Crippen molar-refractivity contribution in [3.05, 3.63) is 24.3 Å². The topological polar surface area (TPSA) is 65.1 Å². The molecule has 2 aliphatic rings. The molecule has 2 fully saturated rings. The highest BCUT2D eigenvalue weighted by molar-refractivity contribution is 7.80. The zero-order chi connectivity index (χ0) is 20.9. The van der Waals surface area contributed by atoms with Gasteiger partial charge in [-0.05, 0) is 62.9 Å². The van der Waals surface area contributed by atoms with Crippen LogP contribution in [0.25, 0.3) is 10.9 Å². The molecule has 0 saturated heterocycles. The Morgan fingerprint density at radius 3 is 2.20 bits per heavy atom. The standard InChI is InChI=1S/C23H34N6S/c1-29(2)21-19-10-6-7-11-20(19)27-22(28-21)24-17-12-14-18(15-13-17)26-23(30)25-16-8-4-3-5-9-16/h6-7,10-11,16-18H,3-5,8-9,12-15H2,1-2H3,(H,24,27,28)(H2,25,26,30). The van der Waals surface area contributed by atoms with E-state index in [2.05, 4.69) is 33.0 Å². The molecule has 0 unspecified atom stereocenters. The van der Waals surface area contributed by atoms with E-state index >= 15 is 0 Å². The molecule has 0 aliphatic heterocycles. The first-order valence-electron chi connectivity index (χ1n) is 11.4. The Balaban J connectivity index is 1.30. The van der Waals surface area contributed by atoms with Crippen molar-refractivity contribution in [3.63, 3.8) is 0 Å². The number of thiocarbonyl (C=S) groups is 1. The summed E-state index contributed by atoms with van der Waals surface area (Å²) in [6.07, 6.45) is 10.9. The van der Waals surface area contributed by atoms with Crippen LogP contribution in [0.1, 0.15) is 57.8 Å². The number of aromatic nitrogens is 2. The number of nitrogens with one attached hydrogen (secondary N) is 3. The number of nitrogens with zero attached hydrogens (tertiary/aromatic N) is 3. The van der Waals surface area contributed by atoms with Crippen LogP contribution in [-0.4, -0.2) is 47.3 Å². The Morgan fingerprint density at radius 2 is 1.50 bits per heavy atom. The number of para-hydroxylation sites is 1. The fourth-order valence-corrected chi connectivity index (χ4v) is 5.02. The van der Waals surface area contributed by atoms with Crippen molar-refractivity contribution in [3.8, 4) is 0 Å². The van der Waals surface area contributed by atoms with Gasteiger partial charge in [0.1, 0.15) is 5.82 Å². The average Bonchev–Trinajstić information content (AvgIpc) is 2.75. The van der Waals surface area contributed by atoms with Crippen LogP contribution in [-0.2, 0) is 0 Å². The van der Waals surface area contributed by atoms with Gasteiger partial charge in [-0.15, -0.1) is 0 Å². The van der Waals surface area contributed by atoms with Crippen molar-refractivity contribution in [2.45, 2.75) is 75.9 Å². The second-order valence-electron chi connectivity index (χ2n) is 8.93. The van der Waals surface area contributed by atoms with Gasteiger partial charge < -0.3 is 20.9 Å². The summed E-state index contributed by atoms with van der Waals surface area (Å²) in [7, 11) is 4.05. The quantitative estimate of drug-likeness (QED) is 0.619. The van der Waals surface area contributed by atoms with Crippen LogP contribution in [0.2, 0.25) is 0 Å². The van der Waals surface area contributed by atoms with Crippen molar-refractivity contribution >= 4 is 40.0 Å². The third kappa shape index (κ3) is 5.31. The summed E-state index contributed by atoms with van der Waals surface area (Å²) < 4.78 is 0. The molecule has 4 rings (SSSR count). The molecule has 162 valence electrons. The van der Waals surface area contributed by atoms with Gasteiger partial charge in [0.05, 0.1) is 5.52 Å².